The second kappa shape index (κ2) is 6.08. The lowest BCUT2D eigenvalue weighted by Gasteiger charge is -2.12. The van der Waals surface area contributed by atoms with Crippen molar-refractivity contribution < 1.29 is 9.18 Å². The van der Waals surface area contributed by atoms with Gasteiger partial charge < -0.3 is 10.6 Å². The van der Waals surface area contributed by atoms with Gasteiger partial charge in [0, 0.05) is 25.0 Å². The fraction of sp³-hybridized carbons (Fsp3) is 0.438. The number of hydrogen-bond acceptors (Lipinski definition) is 4. The first-order chi connectivity index (χ1) is 11.0. The van der Waals surface area contributed by atoms with Crippen LogP contribution in [0.2, 0.25) is 0 Å². The second-order valence-corrected chi connectivity index (χ2v) is 6.11. The van der Waals surface area contributed by atoms with Gasteiger partial charge in [-0.3, -0.25) is 4.79 Å². The van der Waals surface area contributed by atoms with Gasteiger partial charge in [0.1, 0.15) is 17.3 Å². The van der Waals surface area contributed by atoms with Crippen LogP contribution in [-0.4, -0.2) is 44.7 Å². The maximum atomic E-state index is 14.1. The van der Waals surface area contributed by atoms with Crippen molar-refractivity contribution in [3.63, 3.8) is 0 Å². The van der Waals surface area contributed by atoms with Gasteiger partial charge in [-0.05, 0) is 18.6 Å². The highest BCUT2D eigenvalue weighted by Gasteiger charge is 2.29. The summed E-state index contributed by atoms with van der Waals surface area (Å²) in [5, 5.41) is 4.27. The van der Waals surface area contributed by atoms with Gasteiger partial charge in [-0.25, -0.2) is 14.1 Å². The normalized spacial score (nSPS) is 18.0. The number of carbonyl (C=O) groups is 1. The second-order valence-electron chi connectivity index (χ2n) is 6.11. The Morgan fingerprint density at radius 3 is 2.74 bits per heavy atom. The van der Waals surface area contributed by atoms with E-state index in [1.165, 1.54) is 10.7 Å². The molecule has 2 heterocycles. The van der Waals surface area contributed by atoms with Crippen LogP contribution in [0.15, 0.2) is 24.3 Å². The molecular weight excluding hydrogens is 297 g/mol. The Bertz CT molecular complexity index is 727. The van der Waals surface area contributed by atoms with Gasteiger partial charge >= 0.3 is 0 Å². The van der Waals surface area contributed by atoms with Crippen molar-refractivity contribution in [1.29, 1.82) is 0 Å². The monoisotopic (exact) mass is 317 g/mol. The summed E-state index contributed by atoms with van der Waals surface area (Å²) >= 11 is 0. The minimum atomic E-state index is -0.401. The van der Waals surface area contributed by atoms with Crippen molar-refractivity contribution in [2.75, 3.05) is 13.1 Å². The molecule has 122 valence electrons. The lowest BCUT2D eigenvalue weighted by Crippen LogP contribution is -2.32. The van der Waals surface area contributed by atoms with Crippen molar-refractivity contribution in [3.05, 3.63) is 41.7 Å². The van der Waals surface area contributed by atoms with Crippen LogP contribution in [0.4, 0.5) is 4.39 Å². The molecule has 3 rings (SSSR count). The SMILES string of the molecule is CC(C)c1nc(C(=O)N2CC[C@@H](N)C2)nn1-c1ccccc1F. The lowest BCUT2D eigenvalue weighted by atomic mass is 10.2. The Hall–Kier alpha value is -2.28. The van der Waals surface area contributed by atoms with Crippen molar-refractivity contribution >= 4 is 5.91 Å². The maximum absolute atomic E-state index is 14.1. The molecule has 1 aromatic heterocycles. The third kappa shape index (κ3) is 2.96. The van der Waals surface area contributed by atoms with E-state index in [0.717, 1.165) is 6.42 Å². The van der Waals surface area contributed by atoms with Crippen LogP contribution >= 0.6 is 0 Å². The van der Waals surface area contributed by atoms with E-state index < -0.39 is 5.82 Å². The first-order valence-electron chi connectivity index (χ1n) is 7.74. The quantitative estimate of drug-likeness (QED) is 0.935. The molecule has 1 aliphatic heterocycles. The van der Waals surface area contributed by atoms with E-state index in [0.29, 0.717) is 24.6 Å². The number of benzene rings is 1. The molecular formula is C16H20FN5O. The van der Waals surface area contributed by atoms with E-state index in [4.69, 9.17) is 5.73 Å². The zero-order valence-corrected chi connectivity index (χ0v) is 13.2. The molecule has 1 fully saturated rings. The van der Waals surface area contributed by atoms with Crippen molar-refractivity contribution in [1.82, 2.24) is 19.7 Å². The standard InChI is InChI=1S/C16H20FN5O/c1-10(2)15-19-14(16(23)21-8-7-11(18)9-21)20-22(15)13-6-4-3-5-12(13)17/h3-6,10-11H,7-9,18H2,1-2H3/t11-/m1/s1. The van der Waals surface area contributed by atoms with Gasteiger partial charge in [-0.1, -0.05) is 26.0 Å². The van der Waals surface area contributed by atoms with E-state index in [1.54, 1.807) is 23.1 Å². The lowest BCUT2D eigenvalue weighted by molar-refractivity contribution is 0.0779. The third-order valence-corrected chi connectivity index (χ3v) is 3.93. The topological polar surface area (TPSA) is 77.0 Å². The van der Waals surface area contributed by atoms with Crippen LogP contribution in [-0.2, 0) is 0 Å². The summed E-state index contributed by atoms with van der Waals surface area (Å²) in [6, 6.07) is 6.32. The Morgan fingerprint density at radius 1 is 1.39 bits per heavy atom. The largest absolute Gasteiger partial charge is 0.334 e. The Labute approximate surface area is 134 Å². The molecule has 1 aromatic carbocycles. The highest BCUT2D eigenvalue weighted by Crippen LogP contribution is 2.20. The van der Waals surface area contributed by atoms with E-state index in [-0.39, 0.29) is 23.7 Å². The smallest absolute Gasteiger partial charge is 0.293 e. The molecule has 0 aliphatic carbocycles. The summed E-state index contributed by atoms with van der Waals surface area (Å²) in [7, 11) is 0. The number of carbonyl (C=O) groups excluding carboxylic acids is 1. The third-order valence-electron chi connectivity index (χ3n) is 3.93. The molecule has 2 N–H and O–H groups in total. The molecule has 6 nitrogen and oxygen atoms in total. The van der Waals surface area contributed by atoms with Gasteiger partial charge in [0.05, 0.1) is 0 Å². The Balaban J connectivity index is 1.99. The molecule has 0 radical (unpaired) electrons. The maximum Gasteiger partial charge on any atom is 0.293 e. The zero-order valence-electron chi connectivity index (χ0n) is 13.2. The van der Waals surface area contributed by atoms with Gasteiger partial charge in [0.15, 0.2) is 0 Å². The molecule has 0 saturated carbocycles. The molecule has 0 unspecified atom stereocenters. The molecule has 1 aliphatic rings. The Kier molecular flexibility index (Phi) is 4.12. The van der Waals surface area contributed by atoms with Crippen LogP contribution in [0, 0.1) is 5.82 Å². The van der Waals surface area contributed by atoms with Gasteiger partial charge in [-0.15, -0.1) is 5.10 Å². The van der Waals surface area contributed by atoms with Gasteiger partial charge in [-0.2, -0.15) is 0 Å². The molecule has 1 saturated heterocycles. The molecule has 7 heteroatoms. The first-order valence-corrected chi connectivity index (χ1v) is 7.74. The first kappa shape index (κ1) is 15.6. The Morgan fingerprint density at radius 2 is 2.13 bits per heavy atom. The van der Waals surface area contributed by atoms with Gasteiger partial charge in [0.25, 0.3) is 5.91 Å². The zero-order chi connectivity index (χ0) is 16.6. The predicted octanol–water partition coefficient (Wildman–Crippen LogP) is 1.70. The van der Waals surface area contributed by atoms with Crippen LogP contribution in [0.5, 0.6) is 0 Å². The van der Waals surface area contributed by atoms with Gasteiger partial charge in [0.2, 0.25) is 5.82 Å². The van der Waals surface area contributed by atoms with E-state index in [2.05, 4.69) is 10.1 Å². The number of nitrogens with zero attached hydrogens (tertiary/aromatic N) is 4. The molecule has 1 atom stereocenters. The van der Waals surface area contributed by atoms with Crippen LogP contribution in [0.1, 0.15) is 42.6 Å². The number of aromatic nitrogens is 3. The average molecular weight is 317 g/mol. The van der Waals surface area contributed by atoms with Crippen molar-refractivity contribution in [3.8, 4) is 5.69 Å². The highest BCUT2D eigenvalue weighted by molar-refractivity contribution is 5.90. The fourth-order valence-electron chi connectivity index (χ4n) is 2.70. The fourth-order valence-corrected chi connectivity index (χ4v) is 2.70. The van der Waals surface area contributed by atoms with Crippen molar-refractivity contribution in [2.45, 2.75) is 32.2 Å². The predicted molar refractivity (Wildman–Crippen MR) is 83.9 cm³/mol. The molecule has 2 aromatic rings. The number of para-hydroxylation sites is 1. The summed E-state index contributed by atoms with van der Waals surface area (Å²) in [5.41, 5.74) is 6.14. The van der Waals surface area contributed by atoms with E-state index in [9.17, 15) is 9.18 Å². The summed E-state index contributed by atoms with van der Waals surface area (Å²) in [4.78, 5) is 18.5. The number of likely N-dealkylation sites (tertiary alicyclic amines) is 1. The number of nitrogens with two attached hydrogens (primary N) is 1. The summed E-state index contributed by atoms with van der Waals surface area (Å²) in [5.74, 6) is -0.00563. The summed E-state index contributed by atoms with van der Waals surface area (Å²) < 4.78 is 15.5. The molecule has 0 bridgehead atoms. The summed E-state index contributed by atoms with van der Waals surface area (Å²) in [6.45, 7) is 4.97. The minimum absolute atomic E-state index is 0.00262. The minimum Gasteiger partial charge on any atom is -0.334 e. The molecule has 0 spiro atoms. The van der Waals surface area contributed by atoms with Crippen LogP contribution < -0.4 is 5.73 Å². The van der Waals surface area contributed by atoms with Crippen LogP contribution in [0.25, 0.3) is 5.69 Å². The number of amides is 1. The number of rotatable bonds is 3. The molecule has 23 heavy (non-hydrogen) atoms. The molecule has 1 amide bonds. The number of halogens is 1. The van der Waals surface area contributed by atoms with Crippen molar-refractivity contribution in [2.24, 2.45) is 5.73 Å². The number of hydrogen-bond donors (Lipinski definition) is 1. The van der Waals surface area contributed by atoms with E-state index in [1.807, 2.05) is 13.8 Å². The van der Waals surface area contributed by atoms with Crippen LogP contribution in [0.3, 0.4) is 0 Å². The summed E-state index contributed by atoms with van der Waals surface area (Å²) in [6.07, 6.45) is 0.775. The van der Waals surface area contributed by atoms with E-state index >= 15 is 0 Å². The highest BCUT2D eigenvalue weighted by atomic mass is 19.1. The average Bonchev–Trinajstić information content (AvgIpc) is 3.13.